The Morgan fingerprint density at radius 3 is 2.79 bits per heavy atom. The lowest BCUT2D eigenvalue weighted by atomic mass is 10.1. The molecule has 102 valence electrons. The van der Waals surface area contributed by atoms with Crippen LogP contribution in [0.5, 0.6) is 5.75 Å². The van der Waals surface area contributed by atoms with E-state index < -0.39 is 0 Å². The molecule has 5 heteroatoms. The third-order valence-corrected chi connectivity index (χ3v) is 3.29. The van der Waals surface area contributed by atoms with Crippen molar-refractivity contribution >= 4 is 11.8 Å². The Morgan fingerprint density at radius 1 is 1.37 bits per heavy atom. The van der Waals surface area contributed by atoms with E-state index in [9.17, 15) is 9.59 Å². The van der Waals surface area contributed by atoms with Crippen LogP contribution in [0.15, 0.2) is 24.3 Å². The molecule has 1 aromatic rings. The fraction of sp³-hybridized carbons (Fsp3) is 0.429. The Labute approximate surface area is 112 Å². The van der Waals surface area contributed by atoms with Gasteiger partial charge >= 0.3 is 0 Å². The largest absolute Gasteiger partial charge is 0.496 e. The van der Waals surface area contributed by atoms with Crippen molar-refractivity contribution in [3.8, 4) is 5.75 Å². The number of para-hydroxylation sites is 1. The Morgan fingerprint density at radius 2 is 2.11 bits per heavy atom. The molecule has 1 heterocycles. The lowest BCUT2D eigenvalue weighted by Gasteiger charge is -2.31. The number of hydrogen-bond donors (Lipinski definition) is 1. The molecule has 0 spiro atoms. The predicted molar refractivity (Wildman–Crippen MR) is 70.6 cm³/mol. The highest BCUT2D eigenvalue weighted by molar-refractivity contribution is 6.01. The normalized spacial score (nSPS) is 19.7. The average Bonchev–Trinajstić information content (AvgIpc) is 2.44. The molecule has 0 aliphatic carbocycles. The van der Waals surface area contributed by atoms with Crippen molar-refractivity contribution in [2.45, 2.75) is 25.9 Å². The van der Waals surface area contributed by atoms with Crippen LogP contribution in [0.4, 0.5) is 0 Å². The number of imide groups is 1. The molecule has 0 saturated carbocycles. The molecule has 1 N–H and O–H groups in total. The van der Waals surface area contributed by atoms with Crippen LogP contribution in [0.3, 0.4) is 0 Å². The summed E-state index contributed by atoms with van der Waals surface area (Å²) in [5.41, 5.74) is 0.837. The van der Waals surface area contributed by atoms with Gasteiger partial charge in [0.25, 0.3) is 0 Å². The van der Waals surface area contributed by atoms with E-state index in [1.54, 1.807) is 7.11 Å². The Balaban J connectivity index is 2.20. The highest BCUT2D eigenvalue weighted by Crippen LogP contribution is 2.20. The summed E-state index contributed by atoms with van der Waals surface area (Å²) in [6.45, 7) is 2.39. The fourth-order valence-electron chi connectivity index (χ4n) is 2.19. The number of nitrogens with one attached hydrogen (secondary N) is 1. The smallest absolute Gasteiger partial charge is 0.246 e. The van der Waals surface area contributed by atoms with E-state index >= 15 is 0 Å². The van der Waals surface area contributed by atoms with Gasteiger partial charge in [-0.1, -0.05) is 25.1 Å². The second-order valence-electron chi connectivity index (χ2n) is 4.47. The van der Waals surface area contributed by atoms with Crippen molar-refractivity contribution in [2.75, 3.05) is 13.7 Å². The number of piperazine rings is 1. The van der Waals surface area contributed by atoms with Gasteiger partial charge in [-0.05, 0) is 12.5 Å². The second kappa shape index (κ2) is 5.84. The summed E-state index contributed by atoms with van der Waals surface area (Å²) in [5.74, 6) is 0.333. The molecule has 1 saturated heterocycles. The first-order chi connectivity index (χ1) is 9.17. The number of carbonyl (C=O) groups is 2. The van der Waals surface area contributed by atoms with Crippen LogP contribution in [-0.4, -0.2) is 36.4 Å². The zero-order chi connectivity index (χ0) is 13.8. The van der Waals surface area contributed by atoms with Crippen LogP contribution in [0.1, 0.15) is 18.9 Å². The zero-order valence-corrected chi connectivity index (χ0v) is 11.2. The topological polar surface area (TPSA) is 58.6 Å². The molecule has 5 nitrogen and oxygen atoms in total. The van der Waals surface area contributed by atoms with Gasteiger partial charge in [0.15, 0.2) is 0 Å². The molecule has 1 aliphatic rings. The summed E-state index contributed by atoms with van der Waals surface area (Å²) in [6.07, 6.45) is 0.675. The molecule has 2 rings (SSSR count). The summed E-state index contributed by atoms with van der Waals surface area (Å²) >= 11 is 0. The molecule has 0 aromatic heterocycles. The van der Waals surface area contributed by atoms with Gasteiger partial charge in [0.1, 0.15) is 5.75 Å². The van der Waals surface area contributed by atoms with Crippen LogP contribution in [-0.2, 0) is 16.1 Å². The standard InChI is InChI=1S/C14H18N2O3/c1-3-11-14(18)16(13(17)8-15-11)9-10-6-4-5-7-12(10)19-2/h4-7,11,15H,3,8-9H2,1-2H3. The number of amides is 2. The number of ether oxygens (including phenoxy) is 1. The molecule has 1 aliphatic heterocycles. The molecule has 1 atom stereocenters. The molecule has 19 heavy (non-hydrogen) atoms. The number of hydrogen-bond acceptors (Lipinski definition) is 4. The highest BCUT2D eigenvalue weighted by Gasteiger charge is 2.33. The van der Waals surface area contributed by atoms with E-state index in [-0.39, 0.29) is 30.9 Å². The quantitative estimate of drug-likeness (QED) is 0.820. The van der Waals surface area contributed by atoms with E-state index in [4.69, 9.17) is 4.74 Å². The van der Waals surface area contributed by atoms with Crippen molar-refractivity contribution < 1.29 is 14.3 Å². The van der Waals surface area contributed by atoms with E-state index in [0.29, 0.717) is 12.2 Å². The molecule has 1 unspecified atom stereocenters. The number of benzene rings is 1. The van der Waals surface area contributed by atoms with E-state index in [1.807, 2.05) is 31.2 Å². The van der Waals surface area contributed by atoms with Gasteiger partial charge in [-0.25, -0.2) is 0 Å². The van der Waals surface area contributed by atoms with Gasteiger partial charge in [0, 0.05) is 5.56 Å². The van der Waals surface area contributed by atoms with Crippen LogP contribution < -0.4 is 10.1 Å². The average molecular weight is 262 g/mol. The van der Waals surface area contributed by atoms with Crippen molar-refractivity contribution in [2.24, 2.45) is 0 Å². The van der Waals surface area contributed by atoms with Gasteiger partial charge in [-0.15, -0.1) is 0 Å². The number of methoxy groups -OCH3 is 1. The maximum atomic E-state index is 12.2. The maximum absolute atomic E-state index is 12.2. The third-order valence-electron chi connectivity index (χ3n) is 3.29. The first kappa shape index (κ1) is 13.5. The molecule has 1 fully saturated rings. The van der Waals surface area contributed by atoms with Gasteiger partial charge in [0.2, 0.25) is 11.8 Å². The second-order valence-corrected chi connectivity index (χ2v) is 4.47. The fourth-order valence-corrected chi connectivity index (χ4v) is 2.19. The molecule has 0 radical (unpaired) electrons. The zero-order valence-electron chi connectivity index (χ0n) is 11.2. The van der Waals surface area contributed by atoms with E-state index in [1.165, 1.54) is 4.90 Å². The van der Waals surface area contributed by atoms with Crippen molar-refractivity contribution in [3.05, 3.63) is 29.8 Å². The lowest BCUT2D eigenvalue weighted by molar-refractivity contribution is -0.150. The first-order valence-corrected chi connectivity index (χ1v) is 6.36. The van der Waals surface area contributed by atoms with E-state index in [0.717, 1.165) is 5.56 Å². The van der Waals surface area contributed by atoms with Crippen LogP contribution >= 0.6 is 0 Å². The highest BCUT2D eigenvalue weighted by atomic mass is 16.5. The number of carbonyl (C=O) groups excluding carboxylic acids is 2. The summed E-state index contributed by atoms with van der Waals surface area (Å²) < 4.78 is 5.25. The summed E-state index contributed by atoms with van der Waals surface area (Å²) in [7, 11) is 1.58. The van der Waals surface area contributed by atoms with Crippen molar-refractivity contribution in [1.29, 1.82) is 0 Å². The van der Waals surface area contributed by atoms with Crippen LogP contribution in [0.2, 0.25) is 0 Å². The van der Waals surface area contributed by atoms with Crippen molar-refractivity contribution in [3.63, 3.8) is 0 Å². The third kappa shape index (κ3) is 2.76. The minimum atomic E-state index is -0.271. The van der Waals surface area contributed by atoms with Crippen LogP contribution in [0.25, 0.3) is 0 Å². The van der Waals surface area contributed by atoms with Crippen LogP contribution in [0, 0.1) is 0 Å². The minimum absolute atomic E-state index is 0.162. The molecule has 0 bridgehead atoms. The Bertz CT molecular complexity index is 487. The molecule has 2 amide bonds. The van der Waals surface area contributed by atoms with Gasteiger partial charge in [-0.2, -0.15) is 0 Å². The predicted octanol–water partition coefficient (Wildman–Crippen LogP) is 0.932. The Kier molecular flexibility index (Phi) is 4.16. The van der Waals surface area contributed by atoms with Gasteiger partial charge in [-0.3, -0.25) is 19.8 Å². The molecular weight excluding hydrogens is 244 g/mol. The summed E-state index contributed by atoms with van der Waals surface area (Å²) in [4.78, 5) is 25.4. The van der Waals surface area contributed by atoms with Crippen molar-refractivity contribution in [1.82, 2.24) is 10.2 Å². The van der Waals surface area contributed by atoms with Gasteiger partial charge in [0.05, 0.1) is 26.2 Å². The summed E-state index contributed by atoms with van der Waals surface area (Å²) in [6, 6.07) is 7.14. The van der Waals surface area contributed by atoms with Gasteiger partial charge < -0.3 is 4.74 Å². The lowest BCUT2D eigenvalue weighted by Crippen LogP contribution is -2.57. The Hall–Kier alpha value is -1.88. The number of rotatable bonds is 4. The maximum Gasteiger partial charge on any atom is 0.246 e. The number of nitrogens with zero attached hydrogens (tertiary/aromatic N) is 1. The summed E-state index contributed by atoms with van der Waals surface area (Å²) in [5, 5.41) is 2.94. The SMILES string of the molecule is CCC1NCC(=O)N(Cc2ccccc2OC)C1=O. The monoisotopic (exact) mass is 262 g/mol. The van der Waals surface area contributed by atoms with E-state index in [2.05, 4.69) is 5.32 Å². The first-order valence-electron chi connectivity index (χ1n) is 6.36. The molecule has 1 aromatic carbocycles. The molecular formula is C14H18N2O3. The minimum Gasteiger partial charge on any atom is -0.496 e.